The Bertz CT molecular complexity index is 187. The maximum Gasteiger partial charge on any atom is 0.00483 e. The van der Waals surface area contributed by atoms with Gasteiger partial charge >= 0.3 is 0 Å². The van der Waals surface area contributed by atoms with E-state index in [2.05, 4.69) is 32.6 Å². The zero-order valence-corrected chi connectivity index (χ0v) is 11.6. The Kier molecular flexibility index (Phi) is 5.26. The van der Waals surface area contributed by atoms with Crippen molar-refractivity contribution < 1.29 is 0 Å². The van der Waals surface area contributed by atoms with Crippen molar-refractivity contribution in [2.75, 3.05) is 19.6 Å². The van der Waals surface area contributed by atoms with Crippen molar-refractivity contribution in [3.05, 3.63) is 0 Å². The van der Waals surface area contributed by atoms with Crippen LogP contribution in [0.15, 0.2) is 0 Å². The van der Waals surface area contributed by atoms with E-state index in [1.54, 1.807) is 0 Å². The SMILES string of the molecule is CCC1(CC)CCN(CC(C)C(C)N)CC1. The molecule has 0 aromatic rings. The summed E-state index contributed by atoms with van der Waals surface area (Å²) in [6, 6.07) is 0.323. The van der Waals surface area contributed by atoms with Gasteiger partial charge in [0.1, 0.15) is 0 Å². The van der Waals surface area contributed by atoms with Crippen LogP contribution in [-0.4, -0.2) is 30.6 Å². The van der Waals surface area contributed by atoms with Crippen molar-refractivity contribution in [3.63, 3.8) is 0 Å². The van der Waals surface area contributed by atoms with Gasteiger partial charge in [0.2, 0.25) is 0 Å². The second-order valence-electron chi connectivity index (χ2n) is 5.84. The number of hydrogen-bond acceptors (Lipinski definition) is 2. The summed E-state index contributed by atoms with van der Waals surface area (Å²) in [4.78, 5) is 2.61. The fourth-order valence-electron chi connectivity index (χ4n) is 2.74. The Morgan fingerprint density at radius 2 is 1.62 bits per heavy atom. The maximum atomic E-state index is 5.93. The van der Waals surface area contributed by atoms with Crippen molar-refractivity contribution >= 4 is 0 Å². The average molecular weight is 226 g/mol. The molecule has 2 unspecified atom stereocenters. The van der Waals surface area contributed by atoms with Gasteiger partial charge in [-0.15, -0.1) is 0 Å². The second-order valence-corrected chi connectivity index (χ2v) is 5.84. The predicted molar refractivity (Wildman–Crippen MR) is 71.5 cm³/mol. The third-order valence-electron chi connectivity index (χ3n) is 4.86. The van der Waals surface area contributed by atoms with Gasteiger partial charge in [0.05, 0.1) is 0 Å². The van der Waals surface area contributed by atoms with Crippen LogP contribution in [-0.2, 0) is 0 Å². The molecule has 2 nitrogen and oxygen atoms in total. The van der Waals surface area contributed by atoms with Gasteiger partial charge in [-0.05, 0) is 44.2 Å². The lowest BCUT2D eigenvalue weighted by atomic mass is 9.74. The Morgan fingerprint density at radius 1 is 1.12 bits per heavy atom. The van der Waals surface area contributed by atoms with Crippen molar-refractivity contribution in [1.29, 1.82) is 0 Å². The number of rotatable bonds is 5. The normalized spacial score (nSPS) is 25.3. The molecule has 0 bridgehead atoms. The molecule has 16 heavy (non-hydrogen) atoms. The van der Waals surface area contributed by atoms with E-state index in [4.69, 9.17) is 5.73 Å². The molecule has 0 aromatic heterocycles. The highest BCUT2D eigenvalue weighted by atomic mass is 15.1. The van der Waals surface area contributed by atoms with Crippen LogP contribution in [0, 0.1) is 11.3 Å². The van der Waals surface area contributed by atoms with E-state index in [1.807, 2.05) is 0 Å². The molecule has 1 saturated heterocycles. The second kappa shape index (κ2) is 6.02. The standard InChI is InChI=1S/C14H30N2/c1-5-14(6-2)7-9-16(10-8-14)11-12(3)13(4)15/h12-13H,5-11,15H2,1-4H3. The molecule has 0 aliphatic carbocycles. The summed E-state index contributed by atoms with van der Waals surface area (Å²) in [5, 5.41) is 0. The van der Waals surface area contributed by atoms with Crippen LogP contribution in [0.1, 0.15) is 53.4 Å². The van der Waals surface area contributed by atoms with E-state index in [0.717, 1.165) is 0 Å². The first-order valence-electron chi connectivity index (χ1n) is 7.01. The fraction of sp³-hybridized carbons (Fsp3) is 1.00. The Morgan fingerprint density at radius 3 is 2.00 bits per heavy atom. The van der Waals surface area contributed by atoms with Gasteiger partial charge in [-0.3, -0.25) is 0 Å². The van der Waals surface area contributed by atoms with Crippen LogP contribution in [0.4, 0.5) is 0 Å². The van der Waals surface area contributed by atoms with Crippen LogP contribution in [0.5, 0.6) is 0 Å². The molecule has 1 rings (SSSR count). The first-order chi connectivity index (χ1) is 7.53. The van der Waals surface area contributed by atoms with E-state index in [0.29, 0.717) is 17.4 Å². The smallest absolute Gasteiger partial charge is 0.00483 e. The van der Waals surface area contributed by atoms with Crippen LogP contribution >= 0.6 is 0 Å². The number of likely N-dealkylation sites (tertiary alicyclic amines) is 1. The van der Waals surface area contributed by atoms with Gasteiger partial charge in [0.25, 0.3) is 0 Å². The molecule has 96 valence electrons. The number of hydrogen-bond donors (Lipinski definition) is 1. The van der Waals surface area contributed by atoms with Crippen LogP contribution < -0.4 is 5.73 Å². The molecular weight excluding hydrogens is 196 g/mol. The summed E-state index contributed by atoms with van der Waals surface area (Å²) in [6.45, 7) is 12.8. The summed E-state index contributed by atoms with van der Waals surface area (Å²) in [7, 11) is 0. The van der Waals surface area contributed by atoms with Gasteiger partial charge in [-0.1, -0.05) is 33.6 Å². The highest BCUT2D eigenvalue weighted by molar-refractivity contribution is 4.84. The summed E-state index contributed by atoms with van der Waals surface area (Å²) in [5.74, 6) is 0.621. The predicted octanol–water partition coefficient (Wildman–Crippen LogP) is 2.87. The van der Waals surface area contributed by atoms with Crippen LogP contribution in [0.2, 0.25) is 0 Å². The molecule has 1 aliphatic rings. The van der Waals surface area contributed by atoms with Gasteiger partial charge in [0.15, 0.2) is 0 Å². The number of nitrogens with zero attached hydrogens (tertiary/aromatic N) is 1. The summed E-state index contributed by atoms with van der Waals surface area (Å²) in [5.41, 5.74) is 6.58. The number of nitrogens with two attached hydrogens (primary N) is 1. The van der Waals surface area contributed by atoms with E-state index >= 15 is 0 Å². The third kappa shape index (κ3) is 3.46. The lowest BCUT2D eigenvalue weighted by Crippen LogP contribution is -2.43. The van der Waals surface area contributed by atoms with Crippen molar-refractivity contribution in [2.45, 2.75) is 59.4 Å². The molecule has 0 aromatic carbocycles. The van der Waals surface area contributed by atoms with Crippen molar-refractivity contribution in [1.82, 2.24) is 4.90 Å². The van der Waals surface area contributed by atoms with E-state index in [9.17, 15) is 0 Å². The molecular formula is C14H30N2. The molecule has 2 heteroatoms. The minimum Gasteiger partial charge on any atom is -0.328 e. The fourth-order valence-corrected chi connectivity index (χ4v) is 2.74. The molecule has 1 heterocycles. The van der Waals surface area contributed by atoms with E-state index in [-0.39, 0.29) is 0 Å². The largest absolute Gasteiger partial charge is 0.328 e. The molecule has 0 spiro atoms. The summed E-state index contributed by atoms with van der Waals surface area (Å²) < 4.78 is 0. The maximum absolute atomic E-state index is 5.93. The zero-order chi connectivity index (χ0) is 12.2. The molecule has 0 saturated carbocycles. The van der Waals surface area contributed by atoms with Gasteiger partial charge in [-0.25, -0.2) is 0 Å². The molecule has 0 radical (unpaired) electrons. The molecule has 2 atom stereocenters. The third-order valence-corrected chi connectivity index (χ3v) is 4.86. The van der Waals surface area contributed by atoms with Crippen LogP contribution in [0.25, 0.3) is 0 Å². The lowest BCUT2D eigenvalue weighted by Gasteiger charge is -2.42. The first-order valence-corrected chi connectivity index (χ1v) is 7.01. The minimum atomic E-state index is 0.323. The minimum absolute atomic E-state index is 0.323. The monoisotopic (exact) mass is 226 g/mol. The van der Waals surface area contributed by atoms with Gasteiger partial charge in [-0.2, -0.15) is 0 Å². The van der Waals surface area contributed by atoms with Crippen LogP contribution in [0.3, 0.4) is 0 Å². The Hall–Kier alpha value is -0.0800. The molecule has 1 fully saturated rings. The van der Waals surface area contributed by atoms with E-state index < -0.39 is 0 Å². The van der Waals surface area contributed by atoms with Crippen molar-refractivity contribution in [2.24, 2.45) is 17.1 Å². The highest BCUT2D eigenvalue weighted by Crippen LogP contribution is 2.37. The van der Waals surface area contributed by atoms with E-state index in [1.165, 1.54) is 45.3 Å². The average Bonchev–Trinajstić information content (AvgIpc) is 2.30. The van der Waals surface area contributed by atoms with Gasteiger partial charge < -0.3 is 10.6 Å². The molecule has 0 amide bonds. The summed E-state index contributed by atoms with van der Waals surface area (Å²) >= 11 is 0. The molecule has 1 aliphatic heterocycles. The Labute approximate surface area is 102 Å². The topological polar surface area (TPSA) is 29.3 Å². The summed E-state index contributed by atoms with van der Waals surface area (Å²) in [6.07, 6.45) is 5.46. The lowest BCUT2D eigenvalue weighted by molar-refractivity contribution is 0.0839. The number of piperidine rings is 1. The highest BCUT2D eigenvalue weighted by Gasteiger charge is 2.31. The molecule has 2 N–H and O–H groups in total. The Balaban J connectivity index is 2.37. The van der Waals surface area contributed by atoms with Crippen molar-refractivity contribution in [3.8, 4) is 0 Å². The zero-order valence-electron chi connectivity index (χ0n) is 11.6. The first kappa shape index (κ1) is 14.0. The van der Waals surface area contributed by atoms with Gasteiger partial charge in [0, 0.05) is 12.6 Å². The quantitative estimate of drug-likeness (QED) is 0.781.